The molecule has 46 valence electrons. The van der Waals surface area contributed by atoms with Crippen LogP contribution in [-0.4, -0.2) is 35.4 Å². The van der Waals surface area contributed by atoms with Crippen LogP contribution in [0, 0.1) is 9.81 Å². The minimum Gasteiger partial charge on any atom is -1.00 e. The molecule has 0 aliphatic rings. The Kier molecular flexibility index (Phi) is 60.4. The van der Waals surface area contributed by atoms with Gasteiger partial charge in [-0.3, -0.25) is 0 Å². The molecule has 0 amide bonds. The standard InChI is InChI=1S/CH3NO2.Mg.HNO2.2H/c1-4-2-3;;2-1-3;;/h1H3;;(H,2,3);;/q;+2;;2*-1. The van der Waals surface area contributed by atoms with Crippen molar-refractivity contribution in [1.82, 2.24) is 0 Å². The molecule has 0 aliphatic carbocycles. The van der Waals surface area contributed by atoms with Crippen molar-refractivity contribution in [2.24, 2.45) is 10.7 Å². The maximum absolute atomic E-state index is 8.70. The van der Waals surface area contributed by atoms with Gasteiger partial charge in [0.2, 0.25) is 0 Å². The van der Waals surface area contributed by atoms with E-state index < -0.39 is 0 Å². The molecular formula is CH6MgN2O4. The molecule has 6 nitrogen and oxygen atoms in total. The van der Waals surface area contributed by atoms with Crippen LogP contribution in [0.1, 0.15) is 2.85 Å². The van der Waals surface area contributed by atoms with Gasteiger partial charge in [-0.15, -0.1) is 9.81 Å². The first-order valence-corrected chi connectivity index (χ1v) is 1.16. The number of nitrogens with zero attached hydrogens (tertiary/aromatic N) is 2. The third-order valence-corrected chi connectivity index (χ3v) is 0.0745. The average Bonchev–Trinajstić information content (AvgIpc) is 1.69. The molecule has 0 aromatic carbocycles. The fraction of sp³-hybridized carbons (Fsp3) is 1.00. The minimum absolute atomic E-state index is 0. The van der Waals surface area contributed by atoms with Crippen LogP contribution < -0.4 is 0 Å². The Labute approximate surface area is 64.2 Å². The Hall–Kier alpha value is -0.434. The van der Waals surface area contributed by atoms with E-state index in [0.717, 1.165) is 0 Å². The van der Waals surface area contributed by atoms with Crippen molar-refractivity contribution in [3.05, 3.63) is 9.81 Å². The third kappa shape index (κ3) is 362. The fourth-order valence-corrected chi connectivity index (χ4v) is 0. The third-order valence-electron chi connectivity index (χ3n) is 0.0745. The van der Waals surface area contributed by atoms with E-state index >= 15 is 0 Å². The van der Waals surface area contributed by atoms with Crippen LogP contribution in [0.15, 0.2) is 10.7 Å². The Morgan fingerprint density at radius 2 is 1.75 bits per heavy atom. The van der Waals surface area contributed by atoms with E-state index in [-0.39, 0.29) is 25.9 Å². The monoisotopic (exact) mass is 134 g/mol. The van der Waals surface area contributed by atoms with E-state index in [1.54, 1.807) is 0 Å². The fourth-order valence-electron chi connectivity index (χ4n) is 0. The van der Waals surface area contributed by atoms with E-state index in [4.69, 9.17) is 15.0 Å². The van der Waals surface area contributed by atoms with Crippen molar-refractivity contribution in [3.63, 3.8) is 0 Å². The quantitative estimate of drug-likeness (QED) is 0.317. The van der Waals surface area contributed by atoms with Crippen LogP contribution in [0.5, 0.6) is 0 Å². The first-order valence-electron chi connectivity index (χ1n) is 1.16. The number of hydrogen-bond donors (Lipinski definition) is 1. The number of hydrogen-bond acceptors (Lipinski definition) is 5. The second-order valence-electron chi connectivity index (χ2n) is 0.339. The summed E-state index contributed by atoms with van der Waals surface area (Å²) in [6.45, 7) is 0. The van der Waals surface area contributed by atoms with Gasteiger partial charge in [-0.05, 0) is 0 Å². The predicted octanol–water partition coefficient (Wildman–Crippen LogP) is 0.300. The normalized spacial score (nSPS) is 4.12. The van der Waals surface area contributed by atoms with Gasteiger partial charge in [-0.25, -0.2) is 0 Å². The van der Waals surface area contributed by atoms with Gasteiger partial charge in [-0.1, -0.05) is 0 Å². The topological polar surface area (TPSA) is 88.3 Å². The molecule has 0 saturated heterocycles. The zero-order valence-electron chi connectivity index (χ0n) is 6.27. The van der Waals surface area contributed by atoms with Crippen molar-refractivity contribution in [3.8, 4) is 0 Å². The van der Waals surface area contributed by atoms with Crippen molar-refractivity contribution in [2.75, 3.05) is 7.11 Å². The summed E-state index contributed by atoms with van der Waals surface area (Å²) in [6.07, 6.45) is 0. The summed E-state index contributed by atoms with van der Waals surface area (Å²) in [6, 6.07) is 0. The zero-order chi connectivity index (χ0) is 6.12. The van der Waals surface area contributed by atoms with E-state index in [1.165, 1.54) is 12.4 Å². The SMILES string of the molecule is CON=O.O=NO.[H-].[H-].[Mg+2]. The molecule has 0 aliphatic heterocycles. The molecule has 8 heavy (non-hydrogen) atoms. The van der Waals surface area contributed by atoms with Crippen molar-refractivity contribution in [1.29, 1.82) is 0 Å². The molecule has 0 aromatic rings. The van der Waals surface area contributed by atoms with Gasteiger partial charge < -0.3 is 12.9 Å². The first kappa shape index (κ1) is 15.6. The molecule has 1 N–H and O–H groups in total. The minimum atomic E-state index is 0. The average molecular weight is 134 g/mol. The Balaban J connectivity index is -0.0000000131. The molecule has 7 heteroatoms. The van der Waals surface area contributed by atoms with Gasteiger partial charge in [-0.2, -0.15) is 0 Å². The van der Waals surface area contributed by atoms with Gasteiger partial charge in [0.05, 0.1) is 0 Å². The Bertz CT molecular complexity index is 56.5. The van der Waals surface area contributed by atoms with E-state index in [0.29, 0.717) is 0 Å². The molecule has 0 aromatic heterocycles. The van der Waals surface area contributed by atoms with E-state index in [1.807, 2.05) is 5.34 Å². The molecule has 0 radical (unpaired) electrons. The van der Waals surface area contributed by atoms with E-state index in [2.05, 4.69) is 4.84 Å². The van der Waals surface area contributed by atoms with Crippen molar-refractivity contribution >= 4 is 23.1 Å². The summed E-state index contributed by atoms with van der Waals surface area (Å²) in [7, 11) is 1.20. The van der Waals surface area contributed by atoms with Gasteiger partial charge in [0.15, 0.2) is 10.7 Å². The van der Waals surface area contributed by atoms with Crippen LogP contribution >= 0.6 is 0 Å². The molecule has 0 rings (SSSR count). The molecule has 0 saturated carbocycles. The summed E-state index contributed by atoms with van der Waals surface area (Å²) in [5, 5.41) is 9.88. The smallest absolute Gasteiger partial charge is 1.00 e. The summed E-state index contributed by atoms with van der Waals surface area (Å²) in [5.41, 5.74) is 0. The predicted molar refractivity (Wildman–Crippen MR) is 28.4 cm³/mol. The molecule has 0 atom stereocenters. The summed E-state index contributed by atoms with van der Waals surface area (Å²) < 4.78 is 0. The van der Waals surface area contributed by atoms with E-state index in [9.17, 15) is 0 Å². The number of rotatable bonds is 1. The summed E-state index contributed by atoms with van der Waals surface area (Å²) in [4.78, 5) is 20.4. The summed E-state index contributed by atoms with van der Waals surface area (Å²) in [5.74, 6) is 0. The van der Waals surface area contributed by atoms with Crippen LogP contribution in [0.4, 0.5) is 0 Å². The van der Waals surface area contributed by atoms with Crippen molar-refractivity contribution in [2.45, 2.75) is 0 Å². The molecular weight excluding hydrogens is 128 g/mol. The van der Waals surface area contributed by atoms with Crippen LogP contribution in [0.3, 0.4) is 0 Å². The Morgan fingerprint density at radius 1 is 1.62 bits per heavy atom. The molecule has 0 spiro atoms. The summed E-state index contributed by atoms with van der Waals surface area (Å²) >= 11 is 0. The molecule has 0 fully saturated rings. The van der Waals surface area contributed by atoms with Crippen LogP contribution in [-0.2, 0) is 4.84 Å². The van der Waals surface area contributed by atoms with Gasteiger partial charge in [0.1, 0.15) is 7.11 Å². The van der Waals surface area contributed by atoms with Gasteiger partial charge in [0.25, 0.3) is 0 Å². The Morgan fingerprint density at radius 3 is 1.75 bits per heavy atom. The van der Waals surface area contributed by atoms with Crippen LogP contribution in [0.2, 0.25) is 0 Å². The zero-order valence-corrected chi connectivity index (χ0v) is 5.69. The van der Waals surface area contributed by atoms with Gasteiger partial charge in [0, 0.05) is 0 Å². The van der Waals surface area contributed by atoms with Crippen molar-refractivity contribution < 1.29 is 12.9 Å². The molecule has 0 bridgehead atoms. The van der Waals surface area contributed by atoms with Crippen LogP contribution in [0.25, 0.3) is 0 Å². The maximum atomic E-state index is 8.70. The molecule has 0 heterocycles. The second-order valence-corrected chi connectivity index (χ2v) is 0.339. The first-order chi connectivity index (χ1) is 3.33. The maximum Gasteiger partial charge on any atom is 2.00 e. The van der Waals surface area contributed by atoms with Gasteiger partial charge >= 0.3 is 23.1 Å². The largest absolute Gasteiger partial charge is 2.00 e. The second kappa shape index (κ2) is 30.9. The molecule has 0 unspecified atom stereocenters.